The van der Waals surface area contributed by atoms with Gasteiger partial charge < -0.3 is 10.2 Å². The number of sulfonamides is 1. The number of benzene rings is 2. The van der Waals surface area contributed by atoms with E-state index in [9.17, 15) is 13.2 Å². The Morgan fingerprint density at radius 1 is 0.969 bits per heavy atom. The van der Waals surface area contributed by atoms with Crippen molar-refractivity contribution in [1.82, 2.24) is 4.90 Å². The van der Waals surface area contributed by atoms with Gasteiger partial charge in [0.25, 0.3) is 10.0 Å². The maximum Gasteiger partial charge on any atom is 0.285 e. The summed E-state index contributed by atoms with van der Waals surface area (Å²) in [6, 6.07) is 15.1. The van der Waals surface area contributed by atoms with Crippen LogP contribution in [0.2, 0.25) is 0 Å². The van der Waals surface area contributed by atoms with Crippen LogP contribution in [0.4, 0.5) is 5.69 Å². The number of fused-ring (bicyclic) bond motifs is 1. The summed E-state index contributed by atoms with van der Waals surface area (Å²) in [6.07, 6.45) is 6.60. The average molecular weight is 470 g/mol. The molecule has 1 aliphatic carbocycles. The lowest BCUT2D eigenvalue weighted by molar-refractivity contribution is -0.120. The van der Waals surface area contributed by atoms with Crippen molar-refractivity contribution in [3.63, 3.8) is 0 Å². The van der Waals surface area contributed by atoms with Crippen LogP contribution in [0.5, 0.6) is 0 Å². The highest BCUT2D eigenvalue weighted by Crippen LogP contribution is 2.35. The van der Waals surface area contributed by atoms with Gasteiger partial charge in [0.1, 0.15) is 4.90 Å². The summed E-state index contributed by atoms with van der Waals surface area (Å²) < 4.78 is 28.7. The lowest BCUT2D eigenvalue weighted by atomic mass is 9.95. The second-order valence-corrected chi connectivity index (χ2v) is 11.6. The first-order valence-electron chi connectivity index (χ1n) is 11.3. The molecule has 2 aliphatic heterocycles. The smallest absolute Gasteiger partial charge is 0.285 e. The second-order valence-electron chi connectivity index (χ2n) is 8.69. The molecule has 1 saturated heterocycles. The minimum absolute atomic E-state index is 0.0298. The number of amides is 1. The van der Waals surface area contributed by atoms with Crippen molar-refractivity contribution in [3.05, 3.63) is 54.1 Å². The molecule has 0 aromatic heterocycles. The van der Waals surface area contributed by atoms with E-state index in [1.54, 1.807) is 18.2 Å². The number of anilines is 1. The largest absolute Gasteiger partial charge is 0.355 e. The fraction of sp³-hybridized carbons (Fsp3) is 0.417. The van der Waals surface area contributed by atoms with E-state index in [0.717, 1.165) is 10.9 Å². The number of carbonyl (C=O) groups is 1. The molecule has 5 rings (SSSR count). The Kier molecular flexibility index (Phi) is 5.99. The number of thioether (sulfide) groups is 1. The van der Waals surface area contributed by atoms with E-state index in [2.05, 4.69) is 21.8 Å². The first-order valence-corrected chi connectivity index (χ1v) is 13.6. The van der Waals surface area contributed by atoms with E-state index in [4.69, 9.17) is 0 Å². The van der Waals surface area contributed by atoms with Crippen molar-refractivity contribution < 1.29 is 13.2 Å². The van der Waals surface area contributed by atoms with Crippen LogP contribution in [-0.4, -0.2) is 43.4 Å². The van der Waals surface area contributed by atoms with Gasteiger partial charge in [-0.15, -0.1) is 16.2 Å². The van der Waals surface area contributed by atoms with E-state index >= 15 is 0 Å². The molecule has 2 heterocycles. The lowest BCUT2D eigenvalue weighted by Crippen LogP contribution is -2.41. The van der Waals surface area contributed by atoms with Crippen LogP contribution in [0, 0.1) is 5.92 Å². The van der Waals surface area contributed by atoms with Crippen LogP contribution in [0.1, 0.15) is 44.1 Å². The van der Waals surface area contributed by atoms with Gasteiger partial charge in [-0.1, -0.05) is 25.0 Å². The molecular formula is C24H27N3O3S2. The molecule has 3 aliphatic rings. The summed E-state index contributed by atoms with van der Waals surface area (Å²) in [5.41, 5.74) is 1.49. The summed E-state index contributed by atoms with van der Waals surface area (Å²) in [5, 5.41) is 3.78. The van der Waals surface area contributed by atoms with Crippen LogP contribution >= 0.6 is 11.8 Å². The van der Waals surface area contributed by atoms with Crippen molar-refractivity contribution in [2.75, 3.05) is 18.4 Å². The molecule has 2 fully saturated rings. The predicted molar refractivity (Wildman–Crippen MR) is 128 cm³/mol. The zero-order valence-corrected chi connectivity index (χ0v) is 19.5. The van der Waals surface area contributed by atoms with E-state index in [1.807, 2.05) is 34.9 Å². The number of hydrogen-bond acceptors (Lipinski definition) is 5. The van der Waals surface area contributed by atoms with Gasteiger partial charge in [-0.25, -0.2) is 0 Å². The fourth-order valence-corrected chi connectivity index (χ4v) is 7.20. The molecule has 0 bridgehead atoms. The highest BCUT2D eigenvalue weighted by molar-refractivity contribution is 8.00. The van der Waals surface area contributed by atoms with Crippen molar-refractivity contribution in [2.45, 2.75) is 53.6 Å². The van der Waals surface area contributed by atoms with Crippen molar-refractivity contribution >= 4 is 39.2 Å². The number of hydrogen-bond donors (Lipinski definition) is 1. The van der Waals surface area contributed by atoms with E-state index in [0.29, 0.717) is 37.3 Å². The first-order chi connectivity index (χ1) is 15.5. The predicted octanol–water partition coefficient (Wildman–Crippen LogP) is 4.52. The number of likely N-dealkylation sites (tertiary alicyclic amines) is 1. The SMILES string of the molecule is O=C(Nc1ccc(SC2CCCC2)cc1)C1CCN(C2=NS(=O)(=O)c3ccccc32)CC1. The monoisotopic (exact) mass is 469 g/mol. The molecule has 32 heavy (non-hydrogen) atoms. The molecule has 0 atom stereocenters. The number of rotatable bonds is 4. The van der Waals surface area contributed by atoms with Crippen LogP contribution < -0.4 is 5.32 Å². The Hall–Kier alpha value is -2.32. The molecule has 8 heteroatoms. The molecular weight excluding hydrogens is 442 g/mol. The van der Waals surface area contributed by atoms with Crippen molar-refractivity contribution in [1.29, 1.82) is 0 Å². The number of nitrogens with zero attached hydrogens (tertiary/aromatic N) is 2. The van der Waals surface area contributed by atoms with E-state index in [-0.39, 0.29) is 16.7 Å². The van der Waals surface area contributed by atoms with E-state index in [1.165, 1.54) is 30.6 Å². The zero-order valence-electron chi connectivity index (χ0n) is 17.9. The maximum atomic E-state index is 12.8. The molecule has 0 unspecified atom stereocenters. The van der Waals surface area contributed by atoms with Gasteiger partial charge in [0.2, 0.25) is 5.91 Å². The third-order valence-electron chi connectivity index (χ3n) is 6.50. The first kappa shape index (κ1) is 21.5. The van der Waals surface area contributed by atoms with Crippen LogP contribution in [-0.2, 0) is 14.8 Å². The summed E-state index contributed by atoms with van der Waals surface area (Å²) in [6.45, 7) is 1.22. The lowest BCUT2D eigenvalue weighted by Gasteiger charge is -2.32. The minimum Gasteiger partial charge on any atom is -0.355 e. The number of amidine groups is 1. The normalized spacial score (nSPS) is 20.8. The molecule has 2 aromatic rings. The highest BCUT2D eigenvalue weighted by Gasteiger charge is 2.34. The Bertz CT molecular complexity index is 1130. The third kappa shape index (κ3) is 4.43. The van der Waals surface area contributed by atoms with Gasteiger partial charge in [-0.3, -0.25) is 4.79 Å². The molecule has 0 radical (unpaired) electrons. The van der Waals surface area contributed by atoms with Gasteiger partial charge in [-0.2, -0.15) is 8.42 Å². The van der Waals surface area contributed by atoms with Gasteiger partial charge in [-0.05, 0) is 62.1 Å². The highest BCUT2D eigenvalue weighted by atomic mass is 32.2. The summed E-state index contributed by atoms with van der Waals surface area (Å²) >= 11 is 1.94. The van der Waals surface area contributed by atoms with Crippen LogP contribution in [0.3, 0.4) is 0 Å². The van der Waals surface area contributed by atoms with Crippen molar-refractivity contribution in [2.24, 2.45) is 10.3 Å². The van der Waals surface area contributed by atoms with Gasteiger partial charge in [0.05, 0.1) is 0 Å². The van der Waals surface area contributed by atoms with Crippen LogP contribution in [0.15, 0.2) is 62.7 Å². The summed E-state index contributed by atoms with van der Waals surface area (Å²) in [7, 11) is -3.62. The molecule has 1 amide bonds. The van der Waals surface area contributed by atoms with E-state index < -0.39 is 10.0 Å². The zero-order chi connectivity index (χ0) is 22.1. The molecule has 2 aromatic carbocycles. The maximum absolute atomic E-state index is 12.8. The number of piperidine rings is 1. The molecule has 1 N–H and O–H groups in total. The third-order valence-corrected chi connectivity index (χ3v) is 9.18. The Balaban J connectivity index is 1.17. The minimum atomic E-state index is -3.62. The van der Waals surface area contributed by atoms with Crippen LogP contribution in [0.25, 0.3) is 0 Å². The number of nitrogens with one attached hydrogen (secondary N) is 1. The second kappa shape index (κ2) is 8.90. The molecule has 0 spiro atoms. The quantitative estimate of drug-likeness (QED) is 0.712. The summed E-state index contributed by atoms with van der Waals surface area (Å²) in [4.78, 5) is 16.3. The molecule has 1 saturated carbocycles. The van der Waals surface area contributed by atoms with Gasteiger partial charge >= 0.3 is 0 Å². The van der Waals surface area contributed by atoms with Crippen molar-refractivity contribution in [3.8, 4) is 0 Å². The standard InChI is InChI=1S/C24H27N3O3S2/c28-24(25-18-9-11-20(12-10-18)31-19-5-1-2-6-19)17-13-15-27(16-14-17)23-21-7-3-4-8-22(21)32(29,30)26-23/h3-4,7-12,17,19H,1-2,5-6,13-16H2,(H,25,28). The van der Waals surface area contributed by atoms with Gasteiger partial charge in [0, 0.05) is 40.4 Å². The Labute approximate surface area is 193 Å². The molecule has 6 nitrogen and oxygen atoms in total. The van der Waals surface area contributed by atoms with Gasteiger partial charge in [0.15, 0.2) is 5.84 Å². The topological polar surface area (TPSA) is 78.8 Å². The summed E-state index contributed by atoms with van der Waals surface area (Å²) in [5.74, 6) is 0.449. The Morgan fingerprint density at radius 2 is 1.66 bits per heavy atom. The Morgan fingerprint density at radius 3 is 2.38 bits per heavy atom. The fourth-order valence-electron chi connectivity index (χ4n) is 4.73. The number of carbonyl (C=O) groups excluding carboxylic acids is 1. The molecule has 168 valence electrons. The average Bonchev–Trinajstić information content (AvgIpc) is 3.41.